The molecule has 1 saturated heterocycles. The molecule has 0 bridgehead atoms. The predicted octanol–water partition coefficient (Wildman–Crippen LogP) is 5.49. The Morgan fingerprint density at radius 1 is 1.12 bits per heavy atom. The van der Waals surface area contributed by atoms with Crippen LogP contribution in [0, 0.1) is 5.92 Å². The molecule has 4 heteroatoms. The number of benzene rings is 2. The highest BCUT2D eigenvalue weighted by atomic mass is 35.5. The van der Waals surface area contributed by atoms with E-state index in [0.29, 0.717) is 10.8 Å². The molecule has 0 saturated carbocycles. The van der Waals surface area contributed by atoms with Gasteiger partial charge in [0.15, 0.2) is 0 Å². The first-order chi connectivity index (χ1) is 12.6. The molecular formula is C22H23ClN2O. The van der Waals surface area contributed by atoms with E-state index in [0.717, 1.165) is 53.1 Å². The Balaban J connectivity index is 1.68. The van der Waals surface area contributed by atoms with Gasteiger partial charge in [-0.15, -0.1) is 0 Å². The quantitative estimate of drug-likeness (QED) is 0.665. The summed E-state index contributed by atoms with van der Waals surface area (Å²) in [5.41, 5.74) is 4.07. The fourth-order valence-corrected chi connectivity index (χ4v) is 3.88. The molecule has 2 aromatic carbocycles. The van der Waals surface area contributed by atoms with Crippen molar-refractivity contribution in [3.8, 4) is 16.9 Å². The number of aromatic nitrogens is 1. The van der Waals surface area contributed by atoms with Crippen molar-refractivity contribution in [2.75, 3.05) is 13.1 Å². The number of hydrogen-bond donors (Lipinski definition) is 1. The molecule has 134 valence electrons. The molecule has 3 nitrogen and oxygen atoms in total. The molecule has 0 unspecified atom stereocenters. The third kappa shape index (κ3) is 3.55. The van der Waals surface area contributed by atoms with Crippen LogP contribution in [0.2, 0.25) is 5.02 Å². The number of likely N-dealkylation sites (tertiary alicyclic amines) is 1. The van der Waals surface area contributed by atoms with Crippen molar-refractivity contribution in [1.29, 1.82) is 0 Å². The Kier molecular flexibility index (Phi) is 4.84. The van der Waals surface area contributed by atoms with Crippen molar-refractivity contribution in [2.24, 2.45) is 5.92 Å². The van der Waals surface area contributed by atoms with Gasteiger partial charge in [-0.2, -0.15) is 0 Å². The number of aromatic hydroxyl groups is 1. The highest BCUT2D eigenvalue weighted by Gasteiger charge is 2.17. The van der Waals surface area contributed by atoms with Gasteiger partial charge in [0, 0.05) is 28.7 Å². The summed E-state index contributed by atoms with van der Waals surface area (Å²) >= 11 is 6.10. The smallest absolute Gasteiger partial charge is 0.120 e. The molecule has 1 aromatic heterocycles. The van der Waals surface area contributed by atoms with Gasteiger partial charge >= 0.3 is 0 Å². The summed E-state index contributed by atoms with van der Waals surface area (Å²) in [6.45, 7) is 5.31. The maximum Gasteiger partial charge on any atom is 0.120 e. The van der Waals surface area contributed by atoms with Crippen molar-refractivity contribution >= 4 is 22.5 Å². The van der Waals surface area contributed by atoms with Crippen molar-refractivity contribution in [3.05, 3.63) is 59.2 Å². The van der Waals surface area contributed by atoms with Crippen LogP contribution in [-0.2, 0) is 6.54 Å². The van der Waals surface area contributed by atoms with E-state index in [-0.39, 0.29) is 0 Å². The van der Waals surface area contributed by atoms with Crippen LogP contribution in [0.15, 0.2) is 48.7 Å². The van der Waals surface area contributed by atoms with Crippen LogP contribution in [0.1, 0.15) is 25.3 Å². The second kappa shape index (κ2) is 7.26. The number of rotatable bonds is 3. The van der Waals surface area contributed by atoms with E-state index in [1.165, 1.54) is 12.8 Å². The number of piperidine rings is 1. The van der Waals surface area contributed by atoms with Gasteiger partial charge in [0.1, 0.15) is 5.75 Å². The van der Waals surface area contributed by atoms with Crippen LogP contribution in [0.3, 0.4) is 0 Å². The largest absolute Gasteiger partial charge is 0.508 e. The second-order valence-corrected chi connectivity index (χ2v) is 7.76. The fourth-order valence-electron chi connectivity index (χ4n) is 3.71. The number of hydrogen-bond acceptors (Lipinski definition) is 3. The van der Waals surface area contributed by atoms with Crippen molar-refractivity contribution < 1.29 is 5.11 Å². The maximum absolute atomic E-state index is 10.4. The van der Waals surface area contributed by atoms with Crippen LogP contribution < -0.4 is 0 Å². The first kappa shape index (κ1) is 17.3. The van der Waals surface area contributed by atoms with E-state index >= 15 is 0 Å². The lowest BCUT2D eigenvalue weighted by Gasteiger charge is -2.30. The van der Waals surface area contributed by atoms with E-state index < -0.39 is 0 Å². The third-order valence-electron chi connectivity index (χ3n) is 5.37. The summed E-state index contributed by atoms with van der Waals surface area (Å²) in [5.74, 6) is 1.18. The monoisotopic (exact) mass is 366 g/mol. The fraction of sp³-hybridized carbons (Fsp3) is 0.318. The van der Waals surface area contributed by atoms with Gasteiger partial charge in [-0.3, -0.25) is 9.88 Å². The molecule has 0 aliphatic carbocycles. The highest BCUT2D eigenvalue weighted by molar-refractivity contribution is 6.31. The zero-order chi connectivity index (χ0) is 18.1. The third-order valence-corrected chi connectivity index (χ3v) is 5.60. The number of phenolic OH excluding ortho intramolecular Hbond substituents is 1. The number of pyridine rings is 1. The minimum Gasteiger partial charge on any atom is -0.508 e. The second-order valence-electron chi connectivity index (χ2n) is 7.32. The summed E-state index contributed by atoms with van der Waals surface area (Å²) in [4.78, 5) is 6.86. The molecule has 0 amide bonds. The molecule has 3 aromatic rings. The molecule has 1 aliphatic heterocycles. The lowest BCUT2D eigenvalue weighted by molar-refractivity contribution is 0.184. The Labute approximate surface area is 159 Å². The number of phenols is 1. The number of fused-ring (bicyclic) bond motifs is 1. The average Bonchev–Trinajstić information content (AvgIpc) is 2.64. The molecule has 0 spiro atoms. The maximum atomic E-state index is 10.4. The van der Waals surface area contributed by atoms with E-state index in [9.17, 15) is 5.11 Å². The summed E-state index contributed by atoms with van der Waals surface area (Å²) in [6, 6.07) is 13.7. The normalized spacial score (nSPS) is 16.2. The predicted molar refractivity (Wildman–Crippen MR) is 108 cm³/mol. The van der Waals surface area contributed by atoms with E-state index in [2.05, 4.69) is 22.9 Å². The van der Waals surface area contributed by atoms with Gasteiger partial charge in [-0.05, 0) is 73.3 Å². The highest BCUT2D eigenvalue weighted by Crippen LogP contribution is 2.32. The Hall–Kier alpha value is -2.10. The van der Waals surface area contributed by atoms with Crippen LogP contribution in [-0.4, -0.2) is 28.1 Å². The first-order valence-corrected chi connectivity index (χ1v) is 9.57. The Morgan fingerprint density at radius 2 is 1.92 bits per heavy atom. The summed E-state index contributed by atoms with van der Waals surface area (Å²) in [5, 5.41) is 12.1. The topological polar surface area (TPSA) is 36.4 Å². The molecule has 1 aliphatic rings. The van der Waals surface area contributed by atoms with E-state index in [1.54, 1.807) is 6.07 Å². The van der Waals surface area contributed by atoms with E-state index in [1.807, 2.05) is 36.5 Å². The zero-order valence-electron chi connectivity index (χ0n) is 15.0. The number of nitrogens with zero attached hydrogens (tertiary/aromatic N) is 2. The Morgan fingerprint density at radius 3 is 2.73 bits per heavy atom. The van der Waals surface area contributed by atoms with Crippen LogP contribution in [0.4, 0.5) is 0 Å². The van der Waals surface area contributed by atoms with Crippen LogP contribution in [0.25, 0.3) is 22.0 Å². The van der Waals surface area contributed by atoms with Crippen molar-refractivity contribution in [2.45, 2.75) is 26.3 Å². The number of halogens is 1. The van der Waals surface area contributed by atoms with Crippen LogP contribution >= 0.6 is 11.6 Å². The molecule has 0 radical (unpaired) electrons. The Bertz CT molecular complexity index is 933. The molecular weight excluding hydrogens is 344 g/mol. The molecule has 4 rings (SSSR count). The molecule has 0 atom stereocenters. The van der Waals surface area contributed by atoms with Gasteiger partial charge in [-0.1, -0.05) is 30.7 Å². The lowest BCUT2D eigenvalue weighted by Crippen LogP contribution is -2.32. The van der Waals surface area contributed by atoms with Gasteiger partial charge in [0.2, 0.25) is 0 Å². The summed E-state index contributed by atoms with van der Waals surface area (Å²) in [6.07, 6.45) is 4.28. The molecule has 1 N–H and O–H groups in total. The molecule has 1 fully saturated rings. The van der Waals surface area contributed by atoms with Crippen molar-refractivity contribution in [1.82, 2.24) is 9.88 Å². The minimum absolute atomic E-state index is 0.369. The summed E-state index contributed by atoms with van der Waals surface area (Å²) < 4.78 is 0. The zero-order valence-corrected chi connectivity index (χ0v) is 15.7. The van der Waals surface area contributed by atoms with Gasteiger partial charge in [0.05, 0.1) is 5.52 Å². The van der Waals surface area contributed by atoms with Gasteiger partial charge in [-0.25, -0.2) is 0 Å². The summed E-state index contributed by atoms with van der Waals surface area (Å²) in [7, 11) is 0. The minimum atomic E-state index is 0.369. The van der Waals surface area contributed by atoms with E-state index in [4.69, 9.17) is 11.6 Å². The molecule has 26 heavy (non-hydrogen) atoms. The van der Waals surface area contributed by atoms with Crippen LogP contribution in [0.5, 0.6) is 5.75 Å². The molecule has 2 heterocycles. The van der Waals surface area contributed by atoms with Gasteiger partial charge < -0.3 is 5.11 Å². The average molecular weight is 367 g/mol. The first-order valence-electron chi connectivity index (χ1n) is 9.19. The van der Waals surface area contributed by atoms with Crippen molar-refractivity contribution in [3.63, 3.8) is 0 Å². The lowest BCUT2D eigenvalue weighted by atomic mass is 9.97. The standard InChI is InChI=1S/C22H23ClN2O/c1-15-7-10-25(11-8-15)14-17-12-16(2-5-22(17)26)19-6-9-24-21-13-18(23)3-4-20(19)21/h2-6,9,12-13,15,26H,7-8,10-11,14H2,1H3. The SMILES string of the molecule is CC1CCN(Cc2cc(-c3ccnc4cc(Cl)ccc34)ccc2O)CC1. The van der Waals surface area contributed by atoms with Gasteiger partial charge in [0.25, 0.3) is 0 Å².